The third-order valence-electron chi connectivity index (χ3n) is 4.55. The lowest BCUT2D eigenvalue weighted by atomic mass is 9.96. The molecule has 0 unspecified atom stereocenters. The van der Waals surface area contributed by atoms with Crippen LogP contribution in [0, 0.1) is 5.41 Å². The van der Waals surface area contributed by atoms with Crippen molar-refractivity contribution in [2.75, 3.05) is 25.6 Å². The van der Waals surface area contributed by atoms with Gasteiger partial charge in [-0.2, -0.15) is 0 Å². The Kier molecular flexibility index (Phi) is 6.36. The normalized spacial score (nSPS) is 11.8. The molecule has 3 rings (SSSR count). The molecule has 2 aromatic heterocycles. The van der Waals surface area contributed by atoms with Gasteiger partial charge in [-0.05, 0) is 11.5 Å². The molecule has 0 bridgehead atoms. The number of nitrogens with one attached hydrogen (secondary N) is 1. The molecule has 0 aliphatic heterocycles. The Balaban J connectivity index is 2.04. The molecule has 0 aliphatic carbocycles. The average Bonchev–Trinajstić information content (AvgIpc) is 3.05. The van der Waals surface area contributed by atoms with Crippen LogP contribution in [0.2, 0.25) is 0 Å². The Bertz CT molecular complexity index is 1080. The smallest absolute Gasteiger partial charge is 0.331 e. The largest absolute Gasteiger partial charge is 0.467 e. The second kappa shape index (κ2) is 8.79. The predicted octanol–water partition coefficient (Wildman–Crippen LogP) is 3.32. The fourth-order valence-corrected chi connectivity index (χ4v) is 3.34. The standard InChI is InChI=1S/C22H28N4O4/c1-6-16-24-19-20(26(16)13-22(2,3)4)14-9-7-8-10-15(14)23-21(19)25-17(27)11-30-12-18(28)29-5/h7-10H,6,11-13H2,1-5H3,(H,23,25,27). The van der Waals surface area contributed by atoms with Gasteiger partial charge in [0.05, 0.1) is 18.1 Å². The van der Waals surface area contributed by atoms with Gasteiger partial charge < -0.3 is 19.4 Å². The third kappa shape index (κ3) is 4.76. The number of anilines is 1. The Morgan fingerprint density at radius 1 is 1.13 bits per heavy atom. The van der Waals surface area contributed by atoms with E-state index in [-0.39, 0.29) is 18.6 Å². The molecule has 0 radical (unpaired) electrons. The maximum atomic E-state index is 12.4. The summed E-state index contributed by atoms with van der Waals surface area (Å²) in [6.07, 6.45) is 0.759. The molecule has 1 N–H and O–H groups in total. The summed E-state index contributed by atoms with van der Waals surface area (Å²) in [5.41, 5.74) is 2.43. The van der Waals surface area contributed by atoms with Crippen molar-refractivity contribution < 1.29 is 19.1 Å². The van der Waals surface area contributed by atoms with E-state index in [1.165, 1.54) is 7.11 Å². The number of para-hydroxylation sites is 1. The summed E-state index contributed by atoms with van der Waals surface area (Å²) in [6, 6.07) is 7.83. The number of hydrogen-bond donors (Lipinski definition) is 1. The van der Waals surface area contributed by atoms with Crippen LogP contribution in [0.15, 0.2) is 24.3 Å². The van der Waals surface area contributed by atoms with Crippen LogP contribution < -0.4 is 5.32 Å². The van der Waals surface area contributed by atoms with Crippen molar-refractivity contribution in [3.05, 3.63) is 30.1 Å². The van der Waals surface area contributed by atoms with E-state index in [4.69, 9.17) is 9.72 Å². The number of hydrogen-bond acceptors (Lipinski definition) is 6. The molecule has 0 saturated carbocycles. The number of rotatable bonds is 7. The molecule has 0 atom stereocenters. The first-order valence-corrected chi connectivity index (χ1v) is 9.95. The molecule has 8 heteroatoms. The van der Waals surface area contributed by atoms with E-state index in [9.17, 15) is 9.59 Å². The summed E-state index contributed by atoms with van der Waals surface area (Å²) in [5, 5.41) is 3.78. The lowest BCUT2D eigenvalue weighted by Gasteiger charge is -2.21. The molecule has 0 fully saturated rings. The van der Waals surface area contributed by atoms with Crippen molar-refractivity contribution in [1.82, 2.24) is 14.5 Å². The number of imidazole rings is 1. The van der Waals surface area contributed by atoms with E-state index in [2.05, 4.69) is 47.3 Å². The minimum Gasteiger partial charge on any atom is -0.467 e. The molecular formula is C22H28N4O4. The fourth-order valence-electron chi connectivity index (χ4n) is 3.34. The zero-order chi connectivity index (χ0) is 21.9. The van der Waals surface area contributed by atoms with Crippen LogP contribution in [0.5, 0.6) is 0 Å². The number of aryl methyl sites for hydroxylation is 1. The first kappa shape index (κ1) is 21.7. The lowest BCUT2D eigenvalue weighted by molar-refractivity contribution is -0.146. The number of carbonyl (C=O) groups excluding carboxylic acids is 2. The maximum Gasteiger partial charge on any atom is 0.331 e. The molecule has 0 spiro atoms. The molecule has 1 aromatic carbocycles. The second-order valence-corrected chi connectivity index (χ2v) is 8.32. The average molecular weight is 412 g/mol. The molecule has 3 aromatic rings. The van der Waals surface area contributed by atoms with Gasteiger partial charge in [0.1, 0.15) is 24.6 Å². The number of fused-ring (bicyclic) bond motifs is 3. The van der Waals surface area contributed by atoms with Gasteiger partial charge in [0.15, 0.2) is 5.82 Å². The van der Waals surface area contributed by atoms with Crippen LogP contribution >= 0.6 is 0 Å². The summed E-state index contributed by atoms with van der Waals surface area (Å²) in [7, 11) is 1.26. The van der Waals surface area contributed by atoms with Gasteiger partial charge in [-0.15, -0.1) is 0 Å². The minimum absolute atomic E-state index is 0.0487. The summed E-state index contributed by atoms with van der Waals surface area (Å²) in [4.78, 5) is 33.0. The lowest BCUT2D eigenvalue weighted by Crippen LogP contribution is -2.22. The predicted molar refractivity (Wildman–Crippen MR) is 115 cm³/mol. The number of benzene rings is 1. The van der Waals surface area contributed by atoms with Gasteiger partial charge in [-0.3, -0.25) is 4.79 Å². The van der Waals surface area contributed by atoms with Crippen molar-refractivity contribution in [3.63, 3.8) is 0 Å². The Hall–Kier alpha value is -3.00. The van der Waals surface area contributed by atoms with Gasteiger partial charge in [0.2, 0.25) is 0 Å². The fraction of sp³-hybridized carbons (Fsp3) is 0.455. The number of ether oxygens (including phenoxy) is 2. The van der Waals surface area contributed by atoms with Crippen molar-refractivity contribution in [2.24, 2.45) is 5.41 Å². The van der Waals surface area contributed by atoms with Crippen molar-refractivity contribution in [2.45, 2.75) is 40.7 Å². The van der Waals surface area contributed by atoms with Gasteiger partial charge in [0, 0.05) is 18.4 Å². The Morgan fingerprint density at radius 2 is 1.87 bits per heavy atom. The van der Waals surface area contributed by atoms with Crippen molar-refractivity contribution in [3.8, 4) is 0 Å². The van der Waals surface area contributed by atoms with Gasteiger partial charge in [0.25, 0.3) is 5.91 Å². The van der Waals surface area contributed by atoms with Crippen LogP contribution in [-0.4, -0.2) is 46.7 Å². The van der Waals surface area contributed by atoms with E-state index in [0.717, 1.165) is 35.2 Å². The number of esters is 1. The monoisotopic (exact) mass is 412 g/mol. The molecule has 30 heavy (non-hydrogen) atoms. The highest BCUT2D eigenvalue weighted by molar-refractivity contribution is 6.09. The van der Waals surface area contributed by atoms with E-state index < -0.39 is 11.9 Å². The van der Waals surface area contributed by atoms with Gasteiger partial charge in [-0.1, -0.05) is 45.9 Å². The number of amides is 1. The molecule has 0 aliphatic rings. The van der Waals surface area contributed by atoms with Gasteiger partial charge >= 0.3 is 5.97 Å². The second-order valence-electron chi connectivity index (χ2n) is 8.32. The zero-order valence-electron chi connectivity index (χ0n) is 18.1. The van der Waals surface area contributed by atoms with Gasteiger partial charge in [-0.25, -0.2) is 14.8 Å². The van der Waals surface area contributed by atoms with Crippen LogP contribution in [0.25, 0.3) is 21.9 Å². The van der Waals surface area contributed by atoms with Crippen LogP contribution in [-0.2, 0) is 32.0 Å². The molecule has 160 valence electrons. The van der Waals surface area contributed by atoms with E-state index in [0.29, 0.717) is 11.3 Å². The van der Waals surface area contributed by atoms with Crippen LogP contribution in [0.1, 0.15) is 33.5 Å². The van der Waals surface area contributed by atoms with E-state index in [1.54, 1.807) is 0 Å². The third-order valence-corrected chi connectivity index (χ3v) is 4.55. The first-order valence-electron chi connectivity index (χ1n) is 9.95. The quantitative estimate of drug-likeness (QED) is 0.598. The highest BCUT2D eigenvalue weighted by atomic mass is 16.6. The number of carbonyl (C=O) groups is 2. The van der Waals surface area contributed by atoms with Crippen molar-refractivity contribution in [1.29, 1.82) is 0 Å². The first-order chi connectivity index (χ1) is 14.2. The number of methoxy groups -OCH3 is 1. The van der Waals surface area contributed by atoms with Crippen molar-refractivity contribution >= 4 is 39.6 Å². The SMILES string of the molecule is CCc1nc2c(NC(=O)COCC(=O)OC)nc3ccccc3c2n1CC(C)(C)C. The van der Waals surface area contributed by atoms with E-state index in [1.807, 2.05) is 24.3 Å². The minimum atomic E-state index is -0.539. The molecule has 0 saturated heterocycles. The summed E-state index contributed by atoms with van der Waals surface area (Å²) in [6.45, 7) is 8.83. The summed E-state index contributed by atoms with van der Waals surface area (Å²) < 4.78 is 11.8. The summed E-state index contributed by atoms with van der Waals surface area (Å²) >= 11 is 0. The van der Waals surface area contributed by atoms with E-state index >= 15 is 0 Å². The number of pyridine rings is 1. The topological polar surface area (TPSA) is 95.3 Å². The molecule has 2 heterocycles. The highest BCUT2D eigenvalue weighted by Gasteiger charge is 2.22. The van der Waals surface area contributed by atoms with Crippen LogP contribution in [0.3, 0.4) is 0 Å². The molecule has 8 nitrogen and oxygen atoms in total. The van der Waals surface area contributed by atoms with Crippen LogP contribution in [0.4, 0.5) is 5.82 Å². The Labute approximate surface area is 175 Å². The molecular weight excluding hydrogens is 384 g/mol. The highest BCUT2D eigenvalue weighted by Crippen LogP contribution is 2.32. The number of aromatic nitrogens is 3. The molecule has 1 amide bonds. The summed E-state index contributed by atoms with van der Waals surface area (Å²) in [5.74, 6) is 0.377. The maximum absolute atomic E-state index is 12.4. The number of nitrogens with zero attached hydrogens (tertiary/aromatic N) is 3. The zero-order valence-corrected chi connectivity index (χ0v) is 18.1. The Morgan fingerprint density at radius 3 is 2.53 bits per heavy atom.